The van der Waals surface area contributed by atoms with Crippen molar-refractivity contribution in [2.24, 2.45) is 0 Å². The van der Waals surface area contributed by atoms with Crippen molar-refractivity contribution in [1.82, 2.24) is 0 Å². The highest BCUT2D eigenvalue weighted by Crippen LogP contribution is 2.09. The molecular weight excluding hydrogens is 136 g/mol. The van der Waals surface area contributed by atoms with E-state index in [0.29, 0.717) is 0 Å². The lowest BCUT2D eigenvalue weighted by Crippen LogP contribution is -1.89. The molecule has 0 saturated carbocycles. The largest absolute Gasteiger partial charge is 0.0810 e. The summed E-state index contributed by atoms with van der Waals surface area (Å²) in [6, 6.07) is 6.39. The van der Waals surface area contributed by atoms with Crippen LogP contribution >= 0.6 is 0 Å². The third-order valence-corrected chi connectivity index (χ3v) is 2.31. The van der Waals surface area contributed by atoms with Crippen molar-refractivity contribution in [2.45, 2.75) is 13.8 Å². The van der Waals surface area contributed by atoms with Crippen molar-refractivity contribution in [3.05, 3.63) is 34.9 Å². The molecule has 1 aromatic carbocycles. The monoisotopic (exact) mass is 148 g/mol. The Kier molecular flexibility index (Phi) is 2.17. The first-order valence-corrected chi connectivity index (χ1v) is 4.26. The van der Waals surface area contributed by atoms with E-state index in [1.165, 1.54) is 16.7 Å². The van der Waals surface area contributed by atoms with Crippen LogP contribution in [-0.2, 0) is 0 Å². The van der Waals surface area contributed by atoms with E-state index in [-0.39, 0.29) is 0 Å². The van der Waals surface area contributed by atoms with Crippen molar-refractivity contribution in [3.8, 4) is 0 Å². The standard InChI is InChI=1S/C9H12Si/c1-7-4-3-5-9(6-10)8(7)2/h3-6H,10H2,1-2H3. The molecule has 0 atom stereocenters. The van der Waals surface area contributed by atoms with Crippen LogP contribution in [-0.4, -0.2) is 15.5 Å². The smallest absolute Gasteiger partial charge is 0.0228 e. The fourth-order valence-corrected chi connectivity index (χ4v) is 1.44. The first-order chi connectivity index (χ1) is 4.75. The van der Waals surface area contributed by atoms with E-state index in [1.807, 2.05) is 9.85 Å². The van der Waals surface area contributed by atoms with Gasteiger partial charge in [-0.25, -0.2) is 0 Å². The van der Waals surface area contributed by atoms with Crippen molar-refractivity contribution < 1.29 is 0 Å². The second kappa shape index (κ2) is 2.93. The third kappa shape index (κ3) is 1.24. The first-order valence-electron chi connectivity index (χ1n) is 3.44. The fourth-order valence-electron chi connectivity index (χ4n) is 0.995. The van der Waals surface area contributed by atoms with Crippen LogP contribution in [0.5, 0.6) is 0 Å². The number of benzene rings is 1. The summed E-state index contributed by atoms with van der Waals surface area (Å²) in [5.41, 5.74) is 6.30. The van der Waals surface area contributed by atoms with Gasteiger partial charge in [-0.1, -0.05) is 23.9 Å². The van der Waals surface area contributed by atoms with Crippen LogP contribution in [0.4, 0.5) is 0 Å². The zero-order valence-electron chi connectivity index (χ0n) is 6.52. The predicted octanol–water partition coefficient (Wildman–Crippen LogP) is 1.09. The molecule has 10 heavy (non-hydrogen) atoms. The molecule has 0 unspecified atom stereocenters. The molecule has 52 valence electrons. The van der Waals surface area contributed by atoms with Crippen molar-refractivity contribution in [3.63, 3.8) is 0 Å². The van der Waals surface area contributed by atoms with Crippen LogP contribution in [0.25, 0.3) is 0 Å². The van der Waals surface area contributed by atoms with E-state index in [4.69, 9.17) is 0 Å². The number of rotatable bonds is 1. The third-order valence-electron chi connectivity index (χ3n) is 1.87. The molecule has 1 heteroatoms. The average molecular weight is 148 g/mol. The Morgan fingerprint density at radius 3 is 2.50 bits per heavy atom. The van der Waals surface area contributed by atoms with Gasteiger partial charge in [0, 0.05) is 0 Å². The normalized spacial score (nSPS) is 9.40. The van der Waals surface area contributed by atoms with E-state index in [9.17, 15) is 0 Å². The molecule has 0 fully saturated rings. The molecule has 1 aromatic rings. The molecule has 1 rings (SSSR count). The molecule has 0 radical (unpaired) electrons. The molecule has 0 heterocycles. The van der Waals surface area contributed by atoms with Crippen LogP contribution in [0.3, 0.4) is 0 Å². The maximum absolute atomic E-state index is 2.17. The Hall–Kier alpha value is -0.693. The molecular formula is C9H12Si. The number of aryl methyl sites for hydroxylation is 1. The highest BCUT2D eigenvalue weighted by molar-refractivity contribution is 6.33. The van der Waals surface area contributed by atoms with Gasteiger partial charge in [-0.3, -0.25) is 0 Å². The van der Waals surface area contributed by atoms with Crippen molar-refractivity contribution in [1.29, 1.82) is 0 Å². The van der Waals surface area contributed by atoms with Crippen molar-refractivity contribution >= 4 is 15.5 Å². The van der Waals surface area contributed by atoms with Gasteiger partial charge in [0.2, 0.25) is 0 Å². The van der Waals surface area contributed by atoms with E-state index in [1.54, 1.807) is 0 Å². The van der Waals surface area contributed by atoms with Gasteiger partial charge in [-0.15, -0.1) is 0 Å². The van der Waals surface area contributed by atoms with Crippen molar-refractivity contribution in [2.75, 3.05) is 0 Å². The summed E-state index contributed by atoms with van der Waals surface area (Å²) in [5, 5.41) is 0. The zero-order chi connectivity index (χ0) is 7.56. The maximum atomic E-state index is 2.17. The molecule has 0 aliphatic carbocycles. The number of hydrogen-bond donors (Lipinski definition) is 0. The summed E-state index contributed by atoms with van der Waals surface area (Å²) in [5.74, 6) is 0. The minimum Gasteiger partial charge on any atom is -0.0810 e. The van der Waals surface area contributed by atoms with Gasteiger partial charge >= 0.3 is 0 Å². The Morgan fingerprint density at radius 2 is 2.00 bits per heavy atom. The lowest BCUT2D eigenvalue weighted by molar-refractivity contribution is 1.33. The molecule has 0 nitrogen and oxygen atoms in total. The molecule has 0 aliphatic rings. The second-order valence-corrected chi connectivity index (χ2v) is 2.90. The summed E-state index contributed by atoms with van der Waals surface area (Å²) in [4.78, 5) is 0. The second-order valence-electron chi connectivity index (χ2n) is 2.49. The Morgan fingerprint density at radius 1 is 1.30 bits per heavy atom. The van der Waals surface area contributed by atoms with Gasteiger partial charge in [0.1, 0.15) is 0 Å². The van der Waals surface area contributed by atoms with Gasteiger partial charge in [-0.05, 0) is 40.4 Å². The lowest BCUT2D eigenvalue weighted by Gasteiger charge is -2.02. The van der Waals surface area contributed by atoms with Crippen LogP contribution < -0.4 is 0 Å². The van der Waals surface area contributed by atoms with Gasteiger partial charge in [0.15, 0.2) is 0 Å². The summed E-state index contributed by atoms with van der Waals surface area (Å²) in [6.07, 6.45) is 0. The maximum Gasteiger partial charge on any atom is -0.0228 e. The number of hydrogen-bond acceptors (Lipinski definition) is 0. The Bertz CT molecular complexity index is 251. The molecule has 0 N–H and O–H groups in total. The van der Waals surface area contributed by atoms with Gasteiger partial charge in [0.25, 0.3) is 0 Å². The Labute approximate surface area is 64.9 Å². The van der Waals surface area contributed by atoms with Gasteiger partial charge in [-0.2, -0.15) is 0 Å². The van der Waals surface area contributed by atoms with Crippen LogP contribution in [0, 0.1) is 13.8 Å². The summed E-state index contributed by atoms with van der Waals surface area (Å²) < 4.78 is 0. The van der Waals surface area contributed by atoms with Gasteiger partial charge < -0.3 is 0 Å². The lowest BCUT2D eigenvalue weighted by atomic mass is 10.1. The molecule has 0 aliphatic heterocycles. The molecule has 0 saturated heterocycles. The molecule has 0 spiro atoms. The van der Waals surface area contributed by atoms with E-state index < -0.39 is 0 Å². The zero-order valence-corrected chi connectivity index (χ0v) is 7.93. The van der Waals surface area contributed by atoms with Crippen LogP contribution in [0.2, 0.25) is 0 Å². The molecule has 0 amide bonds. The van der Waals surface area contributed by atoms with E-state index in [0.717, 1.165) is 0 Å². The van der Waals surface area contributed by atoms with E-state index >= 15 is 0 Å². The first kappa shape index (κ1) is 7.41. The fraction of sp³-hybridized carbons (Fsp3) is 0.222. The van der Waals surface area contributed by atoms with Crippen LogP contribution in [0.15, 0.2) is 18.2 Å². The van der Waals surface area contributed by atoms with Gasteiger partial charge in [0.05, 0.1) is 0 Å². The minimum absolute atomic E-state index is 1.36. The topological polar surface area (TPSA) is 0 Å². The summed E-state index contributed by atoms with van der Waals surface area (Å²) >= 11 is 0. The molecule has 0 bridgehead atoms. The Balaban J connectivity index is 3.27. The highest BCUT2D eigenvalue weighted by atomic mass is 28.1. The molecule has 0 aromatic heterocycles. The summed E-state index contributed by atoms with van der Waals surface area (Å²) in [6.45, 7) is 4.31. The average Bonchev–Trinajstić information content (AvgIpc) is 1.95. The van der Waals surface area contributed by atoms with Crippen LogP contribution in [0.1, 0.15) is 16.7 Å². The summed E-state index contributed by atoms with van der Waals surface area (Å²) in [7, 11) is 1.89. The van der Waals surface area contributed by atoms with E-state index in [2.05, 4.69) is 37.7 Å². The quantitative estimate of drug-likeness (QED) is 0.523. The highest BCUT2D eigenvalue weighted by Gasteiger charge is 1.93. The minimum atomic E-state index is 1.36. The SMILES string of the molecule is Cc1cccc(C=[SiH2])c1C. The predicted molar refractivity (Wildman–Crippen MR) is 49.6 cm³/mol.